The Labute approximate surface area is 152 Å². The van der Waals surface area contributed by atoms with Gasteiger partial charge in [-0.25, -0.2) is 5.84 Å². The van der Waals surface area contributed by atoms with Gasteiger partial charge in [0.15, 0.2) is 0 Å². The van der Waals surface area contributed by atoms with Crippen LogP contribution in [-0.4, -0.2) is 28.5 Å². The molecule has 0 radical (unpaired) electrons. The quantitative estimate of drug-likeness (QED) is 0.628. The van der Waals surface area contributed by atoms with Crippen molar-refractivity contribution in [1.29, 1.82) is 10.7 Å². The summed E-state index contributed by atoms with van der Waals surface area (Å²) < 4.78 is 0. The minimum atomic E-state index is -0.897. The van der Waals surface area contributed by atoms with Crippen molar-refractivity contribution in [2.45, 2.75) is 32.7 Å². The van der Waals surface area contributed by atoms with Gasteiger partial charge >= 0.3 is 0 Å². The first-order valence-corrected chi connectivity index (χ1v) is 8.60. The lowest BCUT2D eigenvalue weighted by Crippen LogP contribution is -2.57. The fraction of sp³-hybridized carbons (Fsp3) is 0.400. The molecule has 3 N–H and O–H groups in total. The minimum Gasteiger partial charge on any atom is -0.299 e. The van der Waals surface area contributed by atoms with Crippen LogP contribution in [0.2, 0.25) is 0 Å². The molecule has 134 valence electrons. The largest absolute Gasteiger partial charge is 0.299 e. The Hall–Kier alpha value is -2.78. The number of rotatable bonds is 2. The van der Waals surface area contributed by atoms with Crippen LogP contribution in [0.25, 0.3) is 5.57 Å². The van der Waals surface area contributed by atoms with Crippen LogP contribution in [0.15, 0.2) is 36.4 Å². The molecule has 1 heterocycles. The van der Waals surface area contributed by atoms with Crippen LogP contribution in [0.1, 0.15) is 32.3 Å². The Morgan fingerprint density at radius 1 is 1.19 bits per heavy atom. The molecule has 6 heteroatoms. The van der Waals surface area contributed by atoms with Gasteiger partial charge in [0.25, 0.3) is 0 Å². The predicted molar refractivity (Wildman–Crippen MR) is 97.6 cm³/mol. The molecule has 2 aliphatic rings. The summed E-state index contributed by atoms with van der Waals surface area (Å²) in [6.07, 6.45) is 2.33. The maximum absolute atomic E-state index is 12.7. The average Bonchev–Trinajstić information content (AvgIpc) is 2.57. The van der Waals surface area contributed by atoms with Gasteiger partial charge in [0, 0.05) is 12.8 Å². The molecule has 3 rings (SSSR count). The number of hydrogen-bond donors (Lipinski definition) is 2. The van der Waals surface area contributed by atoms with Gasteiger partial charge in [0.05, 0.1) is 12.1 Å². The van der Waals surface area contributed by atoms with E-state index in [-0.39, 0.29) is 22.8 Å². The van der Waals surface area contributed by atoms with E-state index in [1.54, 1.807) is 6.08 Å². The highest BCUT2D eigenvalue weighted by Crippen LogP contribution is 2.39. The second kappa shape index (κ2) is 6.50. The van der Waals surface area contributed by atoms with Crippen LogP contribution >= 0.6 is 0 Å². The monoisotopic (exact) mass is 350 g/mol. The van der Waals surface area contributed by atoms with Crippen molar-refractivity contribution in [3.05, 3.63) is 42.0 Å². The highest BCUT2D eigenvalue weighted by atomic mass is 16.2. The first-order valence-electron chi connectivity index (χ1n) is 8.60. The second-order valence-corrected chi connectivity index (χ2v) is 7.76. The van der Waals surface area contributed by atoms with Crippen LogP contribution in [-0.2, 0) is 9.59 Å². The number of nitrogens with one attached hydrogen (secondary N) is 1. The molecule has 1 fully saturated rings. The molecule has 0 saturated heterocycles. The summed E-state index contributed by atoms with van der Waals surface area (Å²) in [4.78, 5) is 25.4. The lowest BCUT2D eigenvalue weighted by molar-refractivity contribution is -0.141. The summed E-state index contributed by atoms with van der Waals surface area (Å²) in [5, 5.41) is 18.9. The number of benzene rings is 1. The summed E-state index contributed by atoms with van der Waals surface area (Å²) in [7, 11) is 0. The standard InChI is InChI=1S/C20H22N4O2/c1-20(2)9-16(25)18(17(26)10-20)15-8-13(12-6-4-3-5-7-12)14(11-21)19(22)24(15)23/h3-8,14-15,18,22H,9-10,23H2,1-2H3. The van der Waals surface area contributed by atoms with Crippen LogP contribution < -0.4 is 5.84 Å². The molecule has 6 nitrogen and oxygen atoms in total. The van der Waals surface area contributed by atoms with Crippen LogP contribution in [0.5, 0.6) is 0 Å². The van der Waals surface area contributed by atoms with Gasteiger partial charge in [-0.3, -0.25) is 20.0 Å². The second-order valence-electron chi connectivity index (χ2n) is 7.76. The van der Waals surface area contributed by atoms with Crippen molar-refractivity contribution >= 4 is 23.0 Å². The van der Waals surface area contributed by atoms with E-state index in [1.165, 1.54) is 0 Å². The van der Waals surface area contributed by atoms with Gasteiger partial charge in [-0.05, 0) is 16.6 Å². The normalized spacial score (nSPS) is 26.5. The molecule has 1 aliphatic carbocycles. The van der Waals surface area contributed by atoms with Crippen LogP contribution in [0, 0.1) is 34.0 Å². The highest BCUT2D eigenvalue weighted by Gasteiger charge is 2.47. The Bertz CT molecular complexity index is 815. The third-order valence-corrected chi connectivity index (χ3v) is 5.11. The summed E-state index contributed by atoms with van der Waals surface area (Å²) in [5.74, 6) is 3.93. The number of Topliss-reactive ketones (excluding diaryl/α,β-unsaturated/α-hetero) is 2. The average molecular weight is 350 g/mol. The summed E-state index contributed by atoms with van der Waals surface area (Å²) in [6, 6.07) is 10.6. The molecule has 1 aromatic carbocycles. The lowest BCUT2D eigenvalue weighted by atomic mass is 9.68. The molecule has 0 amide bonds. The summed E-state index contributed by atoms with van der Waals surface area (Å²) in [5.41, 5.74) is 1.06. The van der Waals surface area contributed by atoms with E-state index >= 15 is 0 Å². The molecule has 1 saturated carbocycles. The van der Waals surface area contributed by atoms with Crippen molar-refractivity contribution in [3.63, 3.8) is 0 Å². The van der Waals surface area contributed by atoms with Gasteiger partial charge in [-0.1, -0.05) is 50.3 Å². The SMILES string of the molecule is CC1(C)CC(=O)C(C2C=C(c3ccccc3)C(C#N)C(=N)N2N)C(=O)C1. The first-order chi connectivity index (χ1) is 12.2. The van der Waals surface area contributed by atoms with Crippen molar-refractivity contribution in [2.24, 2.45) is 23.1 Å². The molecule has 0 bridgehead atoms. The van der Waals surface area contributed by atoms with Gasteiger partial charge < -0.3 is 0 Å². The van der Waals surface area contributed by atoms with E-state index in [0.29, 0.717) is 18.4 Å². The molecule has 0 aromatic heterocycles. The molecule has 1 aromatic rings. The number of hydrazine groups is 1. The van der Waals surface area contributed by atoms with E-state index in [2.05, 4.69) is 6.07 Å². The third kappa shape index (κ3) is 3.06. The number of nitrogens with zero attached hydrogens (tertiary/aromatic N) is 2. The van der Waals surface area contributed by atoms with Crippen molar-refractivity contribution in [2.75, 3.05) is 0 Å². The predicted octanol–water partition coefficient (Wildman–Crippen LogP) is 2.32. The van der Waals surface area contributed by atoms with E-state index in [4.69, 9.17) is 11.3 Å². The molecule has 2 atom stereocenters. The molecule has 2 unspecified atom stereocenters. The molecular weight excluding hydrogens is 328 g/mol. The summed E-state index contributed by atoms with van der Waals surface area (Å²) >= 11 is 0. The highest BCUT2D eigenvalue weighted by molar-refractivity contribution is 6.08. The third-order valence-electron chi connectivity index (χ3n) is 5.11. The smallest absolute Gasteiger partial charge is 0.146 e. The zero-order valence-corrected chi connectivity index (χ0v) is 14.9. The fourth-order valence-electron chi connectivity index (χ4n) is 3.88. The van der Waals surface area contributed by atoms with Crippen molar-refractivity contribution in [3.8, 4) is 6.07 Å². The van der Waals surface area contributed by atoms with E-state index in [0.717, 1.165) is 10.6 Å². The van der Waals surface area contributed by atoms with Crippen molar-refractivity contribution < 1.29 is 9.59 Å². The number of nitriles is 1. The van der Waals surface area contributed by atoms with Gasteiger partial charge in [-0.2, -0.15) is 5.26 Å². The zero-order valence-electron chi connectivity index (χ0n) is 14.9. The number of carbonyl (C=O) groups is 2. The topological polar surface area (TPSA) is 111 Å². The number of nitrogens with two attached hydrogens (primary N) is 1. The Kier molecular flexibility index (Phi) is 4.51. The Balaban J connectivity index is 2.06. The summed E-state index contributed by atoms with van der Waals surface area (Å²) in [6.45, 7) is 3.80. The van der Waals surface area contributed by atoms with Gasteiger partial charge in [0.1, 0.15) is 29.2 Å². The van der Waals surface area contributed by atoms with E-state index < -0.39 is 17.9 Å². The maximum atomic E-state index is 12.7. The molecule has 26 heavy (non-hydrogen) atoms. The fourth-order valence-corrected chi connectivity index (χ4v) is 3.88. The Morgan fingerprint density at radius 3 is 2.31 bits per heavy atom. The minimum absolute atomic E-state index is 0.0933. The number of amidine groups is 1. The van der Waals surface area contributed by atoms with Crippen LogP contribution in [0.4, 0.5) is 0 Å². The number of carbonyl (C=O) groups excluding carboxylic acids is 2. The molecule has 1 aliphatic heterocycles. The van der Waals surface area contributed by atoms with Gasteiger partial charge in [0.2, 0.25) is 0 Å². The van der Waals surface area contributed by atoms with E-state index in [1.807, 2.05) is 44.2 Å². The van der Waals surface area contributed by atoms with Crippen molar-refractivity contribution in [1.82, 2.24) is 5.01 Å². The number of ketones is 2. The van der Waals surface area contributed by atoms with Crippen LogP contribution in [0.3, 0.4) is 0 Å². The number of hydrogen-bond acceptors (Lipinski definition) is 5. The van der Waals surface area contributed by atoms with Gasteiger partial charge in [-0.15, -0.1) is 0 Å². The Morgan fingerprint density at radius 2 is 1.77 bits per heavy atom. The molecular formula is C20H22N4O2. The molecule has 0 spiro atoms. The first kappa shape index (κ1) is 18.0. The zero-order chi connectivity index (χ0) is 19.1. The lowest BCUT2D eigenvalue weighted by Gasteiger charge is -2.41. The van der Waals surface area contributed by atoms with E-state index in [9.17, 15) is 14.9 Å². The maximum Gasteiger partial charge on any atom is 0.146 e.